The number of carbonyl (C=O) groups excluding carboxylic acids is 1. The smallest absolute Gasteiger partial charge is 0.245 e. The first-order chi connectivity index (χ1) is 11.9. The van der Waals surface area contributed by atoms with E-state index in [2.05, 4.69) is 21.0 Å². The molecule has 0 aliphatic heterocycles. The van der Waals surface area contributed by atoms with Crippen molar-refractivity contribution >= 4 is 38.7 Å². The number of amides is 1. The quantitative estimate of drug-likeness (QED) is 0.854. The average molecular weight is 383 g/mol. The normalized spacial score (nSPS) is 21.6. The van der Waals surface area contributed by atoms with Crippen molar-refractivity contribution in [2.45, 2.75) is 43.5 Å². The molecule has 1 fully saturated rings. The van der Waals surface area contributed by atoms with E-state index in [0.717, 1.165) is 35.3 Å². The predicted molar refractivity (Wildman–Crippen MR) is 96.8 cm³/mol. The zero-order valence-electron chi connectivity index (χ0n) is 14.3. The lowest BCUT2D eigenvalue weighted by Crippen LogP contribution is -2.46. The van der Waals surface area contributed by atoms with Gasteiger partial charge in [-0.2, -0.15) is 13.1 Å². The van der Waals surface area contributed by atoms with Gasteiger partial charge in [-0.15, -0.1) is 0 Å². The highest BCUT2D eigenvalue weighted by Gasteiger charge is 2.28. The molecule has 1 aliphatic carbocycles. The number of fused-ring (bicyclic) bond motifs is 1. The number of hydrogen-bond donors (Lipinski definition) is 1. The van der Waals surface area contributed by atoms with Crippen LogP contribution in [0.2, 0.25) is 0 Å². The first-order valence-electron chi connectivity index (χ1n) is 8.36. The Morgan fingerprint density at radius 1 is 1.32 bits per heavy atom. The third-order valence-corrected chi connectivity index (χ3v) is 7.14. The van der Waals surface area contributed by atoms with Crippen molar-refractivity contribution in [3.63, 3.8) is 0 Å². The number of nitrogens with zero attached hydrogens (tertiary/aromatic N) is 3. The fourth-order valence-electron chi connectivity index (χ4n) is 3.23. The maximum Gasteiger partial charge on any atom is 0.245 e. The minimum atomic E-state index is -3.81. The van der Waals surface area contributed by atoms with Gasteiger partial charge in [0.15, 0.2) is 0 Å². The first kappa shape index (κ1) is 18.2. The second kappa shape index (κ2) is 7.35. The molecule has 3 rings (SSSR count). The Hall–Kier alpha value is -1.58. The number of rotatable bonds is 5. The van der Waals surface area contributed by atoms with Gasteiger partial charge in [-0.1, -0.05) is 25.8 Å². The molecular formula is C16H22N4O3S2. The number of benzene rings is 1. The largest absolute Gasteiger partial charge is 0.352 e. The standard InChI is InChI=1S/C16H22N4O3S2/c1-11-6-3-4-7-12(11)17-15(21)10-20(2)25(22,23)14-9-5-8-13-16(14)19-24-18-13/h5,8-9,11-12H,3-4,6-7,10H2,1-2H3,(H,17,21)/t11-,12-/m1/s1. The Labute approximate surface area is 151 Å². The van der Waals surface area contributed by atoms with Crippen LogP contribution >= 0.6 is 11.7 Å². The van der Waals surface area contributed by atoms with Gasteiger partial charge in [0.1, 0.15) is 15.9 Å². The highest BCUT2D eigenvalue weighted by Crippen LogP contribution is 2.25. The summed E-state index contributed by atoms with van der Waals surface area (Å²) in [6.07, 6.45) is 4.33. The van der Waals surface area contributed by atoms with Crippen LogP contribution in [0.15, 0.2) is 23.1 Å². The van der Waals surface area contributed by atoms with E-state index in [9.17, 15) is 13.2 Å². The van der Waals surface area contributed by atoms with E-state index in [-0.39, 0.29) is 23.4 Å². The summed E-state index contributed by atoms with van der Waals surface area (Å²) in [4.78, 5) is 12.4. The molecule has 0 radical (unpaired) electrons. The third-order valence-electron chi connectivity index (χ3n) is 4.76. The molecule has 2 aromatic rings. The average Bonchev–Trinajstić information content (AvgIpc) is 3.05. The van der Waals surface area contributed by atoms with Crippen molar-refractivity contribution in [3.05, 3.63) is 18.2 Å². The molecule has 0 bridgehead atoms. The molecule has 0 unspecified atom stereocenters. The Bertz CT molecular complexity index is 865. The van der Waals surface area contributed by atoms with Gasteiger partial charge in [0.05, 0.1) is 18.3 Å². The highest BCUT2D eigenvalue weighted by atomic mass is 32.2. The van der Waals surface area contributed by atoms with Crippen LogP contribution in [0.1, 0.15) is 32.6 Å². The zero-order chi connectivity index (χ0) is 18.0. The van der Waals surface area contributed by atoms with Gasteiger partial charge < -0.3 is 5.32 Å². The Morgan fingerprint density at radius 2 is 2.08 bits per heavy atom. The summed E-state index contributed by atoms with van der Waals surface area (Å²) in [6.45, 7) is 1.92. The van der Waals surface area contributed by atoms with Crippen LogP contribution in [-0.4, -0.2) is 47.0 Å². The van der Waals surface area contributed by atoms with Gasteiger partial charge >= 0.3 is 0 Å². The van der Waals surface area contributed by atoms with E-state index >= 15 is 0 Å². The Morgan fingerprint density at radius 3 is 2.84 bits per heavy atom. The minimum Gasteiger partial charge on any atom is -0.352 e. The van der Waals surface area contributed by atoms with Crippen molar-refractivity contribution in [2.24, 2.45) is 5.92 Å². The van der Waals surface area contributed by atoms with Crippen molar-refractivity contribution < 1.29 is 13.2 Å². The Balaban J connectivity index is 1.72. The lowest BCUT2D eigenvalue weighted by molar-refractivity contribution is -0.122. The van der Waals surface area contributed by atoms with E-state index in [0.29, 0.717) is 17.0 Å². The number of sulfonamides is 1. The summed E-state index contributed by atoms with van der Waals surface area (Å²) in [6, 6.07) is 4.98. The minimum absolute atomic E-state index is 0.0834. The van der Waals surface area contributed by atoms with E-state index in [1.54, 1.807) is 12.1 Å². The van der Waals surface area contributed by atoms with Gasteiger partial charge in [-0.3, -0.25) is 4.79 Å². The molecular weight excluding hydrogens is 360 g/mol. The molecule has 1 amide bonds. The van der Waals surface area contributed by atoms with E-state index in [4.69, 9.17) is 0 Å². The van der Waals surface area contributed by atoms with Crippen LogP contribution in [-0.2, 0) is 14.8 Å². The first-order valence-corrected chi connectivity index (χ1v) is 10.5. The van der Waals surface area contributed by atoms with Gasteiger partial charge in [0.25, 0.3) is 0 Å². The monoisotopic (exact) mass is 382 g/mol. The second-order valence-electron chi connectivity index (χ2n) is 6.58. The molecule has 7 nitrogen and oxygen atoms in total. The fraction of sp³-hybridized carbons (Fsp3) is 0.562. The van der Waals surface area contributed by atoms with E-state index < -0.39 is 10.0 Å². The molecule has 9 heteroatoms. The summed E-state index contributed by atoms with van der Waals surface area (Å²) in [5.74, 6) is 0.155. The fourth-order valence-corrected chi connectivity index (χ4v) is 5.10. The molecule has 2 atom stereocenters. The molecule has 1 N–H and O–H groups in total. The van der Waals surface area contributed by atoms with Crippen molar-refractivity contribution in [1.29, 1.82) is 0 Å². The highest BCUT2D eigenvalue weighted by molar-refractivity contribution is 7.89. The number of hydrogen-bond acceptors (Lipinski definition) is 6. The number of aromatic nitrogens is 2. The predicted octanol–water partition coefficient (Wildman–Crippen LogP) is 2.01. The summed E-state index contributed by atoms with van der Waals surface area (Å²) < 4.78 is 34.9. The van der Waals surface area contributed by atoms with Crippen LogP contribution < -0.4 is 5.32 Å². The van der Waals surface area contributed by atoms with E-state index in [1.165, 1.54) is 19.5 Å². The van der Waals surface area contributed by atoms with Gasteiger partial charge in [0, 0.05) is 13.1 Å². The van der Waals surface area contributed by atoms with Gasteiger partial charge in [0.2, 0.25) is 15.9 Å². The molecule has 1 aromatic heterocycles. The molecule has 0 saturated heterocycles. The van der Waals surface area contributed by atoms with Gasteiger partial charge in [-0.25, -0.2) is 8.42 Å². The lowest BCUT2D eigenvalue weighted by Gasteiger charge is -2.30. The maximum atomic E-state index is 12.8. The number of nitrogens with one attached hydrogen (secondary N) is 1. The molecule has 1 saturated carbocycles. The molecule has 25 heavy (non-hydrogen) atoms. The van der Waals surface area contributed by atoms with Crippen molar-refractivity contribution in [1.82, 2.24) is 18.4 Å². The molecule has 1 aliphatic rings. The van der Waals surface area contributed by atoms with Crippen LogP contribution in [0, 0.1) is 5.92 Å². The lowest BCUT2D eigenvalue weighted by atomic mass is 9.86. The molecule has 0 spiro atoms. The van der Waals surface area contributed by atoms with Crippen molar-refractivity contribution in [2.75, 3.05) is 13.6 Å². The molecule has 136 valence electrons. The van der Waals surface area contributed by atoms with Crippen LogP contribution in [0.4, 0.5) is 0 Å². The summed E-state index contributed by atoms with van der Waals surface area (Å²) in [5.41, 5.74) is 0.889. The van der Waals surface area contributed by atoms with Gasteiger partial charge in [-0.05, 0) is 30.9 Å². The molecule has 1 heterocycles. The summed E-state index contributed by atoms with van der Waals surface area (Å²) in [5, 5.41) is 2.98. The van der Waals surface area contributed by atoms with Crippen LogP contribution in [0.25, 0.3) is 11.0 Å². The number of carbonyl (C=O) groups is 1. The Kier molecular flexibility index (Phi) is 5.35. The summed E-state index contributed by atoms with van der Waals surface area (Å²) in [7, 11) is -2.39. The topological polar surface area (TPSA) is 92.3 Å². The van der Waals surface area contributed by atoms with Crippen LogP contribution in [0.3, 0.4) is 0 Å². The zero-order valence-corrected chi connectivity index (χ0v) is 15.9. The molecule has 1 aromatic carbocycles. The van der Waals surface area contributed by atoms with Crippen LogP contribution in [0.5, 0.6) is 0 Å². The SMILES string of the molecule is C[C@@H]1CCCC[C@H]1NC(=O)CN(C)S(=O)(=O)c1cccc2nsnc12. The van der Waals surface area contributed by atoms with E-state index in [1.807, 2.05) is 0 Å². The summed E-state index contributed by atoms with van der Waals surface area (Å²) >= 11 is 0.970. The third kappa shape index (κ3) is 3.83. The second-order valence-corrected chi connectivity index (χ2v) is 9.13. The number of likely N-dealkylation sites (N-methyl/N-ethyl adjacent to an activating group) is 1. The van der Waals surface area contributed by atoms with Crippen molar-refractivity contribution in [3.8, 4) is 0 Å². The maximum absolute atomic E-state index is 12.8.